The van der Waals surface area contributed by atoms with Gasteiger partial charge >= 0.3 is 0 Å². The third-order valence-electron chi connectivity index (χ3n) is 2.86. The minimum atomic E-state index is -0.522. The number of carbonyl (C=O) groups is 1. The van der Waals surface area contributed by atoms with Crippen LogP contribution in [-0.4, -0.2) is 27.6 Å². The van der Waals surface area contributed by atoms with Crippen molar-refractivity contribution in [2.24, 2.45) is 0 Å². The first-order valence-electron chi connectivity index (χ1n) is 7.08. The van der Waals surface area contributed by atoms with Crippen molar-refractivity contribution in [2.45, 2.75) is 26.2 Å². The standard InChI is InChI=1S/C14H16N4O4S/c1-2-3-7-13-16-17-14(23-13)15-12(19)9-22-11-6-4-5-10(8-11)18(20)21/h4-6,8H,2-3,7,9H2,1H3,(H,15,17,19). The van der Waals surface area contributed by atoms with Crippen LogP contribution in [0.3, 0.4) is 0 Å². The molecule has 0 unspecified atom stereocenters. The minimum absolute atomic E-state index is 0.0902. The fourth-order valence-corrected chi connectivity index (χ4v) is 2.52. The van der Waals surface area contributed by atoms with Crippen LogP contribution in [0.15, 0.2) is 24.3 Å². The van der Waals surface area contributed by atoms with Crippen LogP contribution in [0.1, 0.15) is 24.8 Å². The van der Waals surface area contributed by atoms with Crippen molar-refractivity contribution in [1.29, 1.82) is 0 Å². The Bertz CT molecular complexity index is 689. The topological polar surface area (TPSA) is 107 Å². The number of unbranched alkanes of at least 4 members (excludes halogenated alkanes) is 1. The summed E-state index contributed by atoms with van der Waals surface area (Å²) in [5.41, 5.74) is -0.0902. The Morgan fingerprint density at radius 3 is 3.00 bits per heavy atom. The monoisotopic (exact) mass is 336 g/mol. The molecule has 0 aliphatic heterocycles. The Morgan fingerprint density at radius 2 is 2.26 bits per heavy atom. The number of rotatable bonds is 8. The molecule has 122 valence electrons. The number of nitro groups is 1. The van der Waals surface area contributed by atoms with Crippen LogP contribution in [0, 0.1) is 10.1 Å². The van der Waals surface area contributed by atoms with Crippen molar-refractivity contribution >= 4 is 28.1 Å². The van der Waals surface area contributed by atoms with E-state index in [2.05, 4.69) is 22.4 Å². The van der Waals surface area contributed by atoms with Gasteiger partial charge in [0.1, 0.15) is 10.8 Å². The van der Waals surface area contributed by atoms with Crippen LogP contribution >= 0.6 is 11.3 Å². The molecule has 0 aliphatic carbocycles. The molecule has 1 aromatic carbocycles. The van der Waals surface area contributed by atoms with E-state index in [4.69, 9.17) is 4.74 Å². The highest BCUT2D eigenvalue weighted by molar-refractivity contribution is 7.15. The van der Waals surface area contributed by atoms with Gasteiger partial charge in [0.2, 0.25) is 5.13 Å². The number of carbonyl (C=O) groups excluding carboxylic acids is 1. The zero-order valence-corrected chi connectivity index (χ0v) is 13.3. The van der Waals surface area contributed by atoms with Crippen LogP contribution in [0.4, 0.5) is 10.8 Å². The third kappa shape index (κ3) is 5.29. The second-order valence-corrected chi connectivity index (χ2v) is 5.76. The van der Waals surface area contributed by atoms with Gasteiger partial charge in [0.05, 0.1) is 11.0 Å². The van der Waals surface area contributed by atoms with Crippen molar-refractivity contribution in [3.63, 3.8) is 0 Å². The fourth-order valence-electron chi connectivity index (χ4n) is 1.72. The molecule has 1 aromatic heterocycles. The van der Waals surface area contributed by atoms with Gasteiger partial charge in [0.15, 0.2) is 6.61 Å². The molecule has 9 heteroatoms. The fraction of sp³-hybridized carbons (Fsp3) is 0.357. The first-order chi connectivity index (χ1) is 11.1. The van der Waals surface area contributed by atoms with Gasteiger partial charge in [-0.2, -0.15) is 0 Å². The number of aryl methyl sites for hydroxylation is 1. The van der Waals surface area contributed by atoms with Gasteiger partial charge in [-0.15, -0.1) is 10.2 Å². The zero-order chi connectivity index (χ0) is 16.7. The Labute approximate surface area is 136 Å². The van der Waals surface area contributed by atoms with E-state index < -0.39 is 10.8 Å². The second kappa shape index (κ2) is 8.18. The number of nitro benzene ring substituents is 1. The number of hydrogen-bond donors (Lipinski definition) is 1. The first-order valence-corrected chi connectivity index (χ1v) is 7.89. The number of hydrogen-bond acceptors (Lipinski definition) is 7. The van der Waals surface area contributed by atoms with Crippen molar-refractivity contribution in [2.75, 3.05) is 11.9 Å². The molecule has 0 spiro atoms. The second-order valence-electron chi connectivity index (χ2n) is 4.70. The van der Waals surface area contributed by atoms with Crippen molar-refractivity contribution in [3.8, 4) is 5.75 Å². The quantitative estimate of drug-likeness (QED) is 0.586. The number of nitrogens with one attached hydrogen (secondary N) is 1. The number of anilines is 1. The molecular weight excluding hydrogens is 320 g/mol. The molecule has 23 heavy (non-hydrogen) atoms. The molecule has 1 N–H and O–H groups in total. The highest BCUT2D eigenvalue weighted by Crippen LogP contribution is 2.20. The van der Waals surface area contributed by atoms with Crippen LogP contribution < -0.4 is 10.1 Å². The summed E-state index contributed by atoms with van der Waals surface area (Å²) in [6.07, 6.45) is 2.94. The third-order valence-corrected chi connectivity index (χ3v) is 3.75. The molecule has 0 atom stereocenters. The molecule has 2 rings (SSSR count). The van der Waals surface area contributed by atoms with Gasteiger partial charge in [0.25, 0.3) is 11.6 Å². The zero-order valence-electron chi connectivity index (χ0n) is 12.5. The molecular formula is C14H16N4O4S. The van der Waals surface area contributed by atoms with E-state index in [1.807, 2.05) is 0 Å². The van der Waals surface area contributed by atoms with Crippen LogP contribution in [0.25, 0.3) is 0 Å². The van der Waals surface area contributed by atoms with Crippen LogP contribution in [-0.2, 0) is 11.2 Å². The summed E-state index contributed by atoms with van der Waals surface area (Å²) in [6, 6.07) is 5.66. The first kappa shape index (κ1) is 16.8. The number of non-ortho nitro benzene ring substituents is 1. The number of benzene rings is 1. The lowest BCUT2D eigenvalue weighted by Gasteiger charge is -2.05. The summed E-state index contributed by atoms with van der Waals surface area (Å²) in [6.45, 7) is 1.83. The molecule has 0 saturated heterocycles. The number of aromatic nitrogens is 2. The molecule has 1 heterocycles. The van der Waals surface area contributed by atoms with Gasteiger partial charge in [-0.05, 0) is 12.5 Å². The van der Waals surface area contributed by atoms with Gasteiger partial charge in [-0.3, -0.25) is 20.2 Å². The SMILES string of the molecule is CCCCc1nnc(NC(=O)COc2cccc([N+](=O)[O-])c2)s1. The van der Waals surface area contributed by atoms with Crippen molar-refractivity contribution in [3.05, 3.63) is 39.4 Å². The van der Waals surface area contributed by atoms with Crippen LogP contribution in [0.5, 0.6) is 5.75 Å². The number of nitrogens with zero attached hydrogens (tertiary/aromatic N) is 3. The van der Waals surface area contributed by atoms with E-state index in [1.54, 1.807) is 6.07 Å². The predicted molar refractivity (Wildman–Crippen MR) is 85.7 cm³/mol. The summed E-state index contributed by atoms with van der Waals surface area (Å²) in [5, 5.41) is 22.4. The maximum Gasteiger partial charge on any atom is 0.273 e. The predicted octanol–water partition coefficient (Wildman–Crippen LogP) is 2.81. The number of amides is 1. The largest absolute Gasteiger partial charge is 0.484 e. The number of ether oxygens (including phenoxy) is 1. The van der Waals surface area contributed by atoms with Crippen LogP contribution in [0.2, 0.25) is 0 Å². The molecule has 0 saturated carbocycles. The average Bonchev–Trinajstić information content (AvgIpc) is 2.98. The van der Waals surface area contributed by atoms with E-state index in [0.29, 0.717) is 5.13 Å². The summed E-state index contributed by atoms with van der Waals surface area (Å²) >= 11 is 1.33. The Balaban J connectivity index is 1.84. The summed E-state index contributed by atoms with van der Waals surface area (Å²) in [7, 11) is 0. The van der Waals surface area contributed by atoms with E-state index >= 15 is 0 Å². The average molecular weight is 336 g/mol. The van der Waals surface area contributed by atoms with E-state index in [1.165, 1.54) is 29.5 Å². The van der Waals surface area contributed by atoms with Crippen molar-refractivity contribution < 1.29 is 14.5 Å². The molecule has 0 fully saturated rings. The highest BCUT2D eigenvalue weighted by atomic mass is 32.1. The van der Waals surface area contributed by atoms with Gasteiger partial charge < -0.3 is 4.74 Å². The lowest BCUT2D eigenvalue weighted by molar-refractivity contribution is -0.384. The lowest BCUT2D eigenvalue weighted by atomic mass is 10.3. The molecule has 1 amide bonds. The van der Waals surface area contributed by atoms with E-state index in [9.17, 15) is 14.9 Å². The molecule has 0 aliphatic rings. The Hall–Kier alpha value is -2.55. The maximum atomic E-state index is 11.8. The summed E-state index contributed by atoms with van der Waals surface area (Å²) in [4.78, 5) is 21.9. The normalized spacial score (nSPS) is 10.3. The summed E-state index contributed by atoms with van der Waals surface area (Å²) in [5.74, 6) is -0.134. The van der Waals surface area contributed by atoms with Gasteiger partial charge in [0, 0.05) is 12.5 Å². The smallest absolute Gasteiger partial charge is 0.273 e. The Kier molecular flexibility index (Phi) is 5.98. The molecule has 0 radical (unpaired) electrons. The van der Waals surface area contributed by atoms with E-state index in [-0.39, 0.29) is 18.0 Å². The van der Waals surface area contributed by atoms with E-state index in [0.717, 1.165) is 24.3 Å². The minimum Gasteiger partial charge on any atom is -0.484 e. The lowest BCUT2D eigenvalue weighted by Crippen LogP contribution is -2.20. The van der Waals surface area contributed by atoms with Gasteiger partial charge in [-0.25, -0.2) is 0 Å². The molecule has 8 nitrogen and oxygen atoms in total. The van der Waals surface area contributed by atoms with Gasteiger partial charge in [-0.1, -0.05) is 30.7 Å². The molecule has 0 bridgehead atoms. The maximum absolute atomic E-state index is 11.8. The Morgan fingerprint density at radius 1 is 1.43 bits per heavy atom. The highest BCUT2D eigenvalue weighted by Gasteiger charge is 2.10. The summed E-state index contributed by atoms with van der Waals surface area (Å²) < 4.78 is 5.24. The molecule has 2 aromatic rings. The van der Waals surface area contributed by atoms with Crippen molar-refractivity contribution in [1.82, 2.24) is 10.2 Å².